The maximum absolute atomic E-state index is 13.7. The lowest BCUT2D eigenvalue weighted by Gasteiger charge is -2.33. The highest BCUT2D eigenvalue weighted by molar-refractivity contribution is 6.31. The van der Waals surface area contributed by atoms with Crippen molar-refractivity contribution in [1.82, 2.24) is 19.8 Å². The van der Waals surface area contributed by atoms with E-state index >= 15 is 0 Å². The Labute approximate surface area is 267 Å². The Balaban J connectivity index is 1.27. The SMILES string of the molecule is CCOC(=O)CN1CCN(C/C=C/C(=O)Nc2cc3c(Nc4ccc(F)c(Cl)c4)ncnc3cc2OCC2CCCCC2)CC1. The lowest BCUT2D eigenvalue weighted by atomic mass is 9.90. The molecule has 1 aromatic heterocycles. The van der Waals surface area contributed by atoms with Gasteiger partial charge in [0.25, 0.3) is 0 Å². The zero-order chi connectivity index (χ0) is 31.6. The van der Waals surface area contributed by atoms with E-state index in [1.165, 1.54) is 43.8 Å². The maximum Gasteiger partial charge on any atom is 0.320 e. The molecule has 0 radical (unpaired) electrons. The topological polar surface area (TPSA) is 109 Å². The molecule has 1 amide bonds. The Kier molecular flexibility index (Phi) is 11.6. The third kappa shape index (κ3) is 9.35. The molecule has 1 aliphatic carbocycles. The average molecular weight is 639 g/mol. The highest BCUT2D eigenvalue weighted by Gasteiger charge is 2.20. The van der Waals surface area contributed by atoms with Gasteiger partial charge in [0.2, 0.25) is 5.91 Å². The number of anilines is 3. The second-order valence-electron chi connectivity index (χ2n) is 11.4. The fraction of sp³-hybridized carbons (Fsp3) is 0.455. The molecule has 1 saturated carbocycles. The molecule has 0 spiro atoms. The number of nitrogens with one attached hydrogen (secondary N) is 2. The van der Waals surface area contributed by atoms with Crippen LogP contribution in [-0.4, -0.2) is 84.1 Å². The average Bonchev–Trinajstić information content (AvgIpc) is 3.03. The largest absolute Gasteiger partial charge is 0.491 e. The molecule has 0 bridgehead atoms. The number of carbonyl (C=O) groups is 2. The molecule has 5 rings (SSSR count). The maximum atomic E-state index is 13.7. The van der Waals surface area contributed by atoms with Gasteiger partial charge in [-0.3, -0.25) is 19.4 Å². The molecule has 0 atom stereocenters. The van der Waals surface area contributed by atoms with E-state index in [1.807, 2.05) is 12.1 Å². The summed E-state index contributed by atoms with van der Waals surface area (Å²) in [7, 11) is 0. The monoisotopic (exact) mass is 638 g/mol. The predicted molar refractivity (Wildman–Crippen MR) is 174 cm³/mol. The summed E-state index contributed by atoms with van der Waals surface area (Å²) in [4.78, 5) is 38.0. The summed E-state index contributed by atoms with van der Waals surface area (Å²) in [6.07, 6.45) is 10.7. The van der Waals surface area contributed by atoms with E-state index in [0.717, 1.165) is 39.0 Å². The van der Waals surface area contributed by atoms with Crippen LogP contribution in [0.2, 0.25) is 5.02 Å². The number of rotatable bonds is 12. The number of piperazine rings is 1. The minimum absolute atomic E-state index is 0.00458. The zero-order valence-corrected chi connectivity index (χ0v) is 26.3. The second kappa shape index (κ2) is 16.0. The molecule has 2 fully saturated rings. The first-order chi connectivity index (χ1) is 21.9. The van der Waals surface area contributed by atoms with Crippen LogP contribution in [0.5, 0.6) is 5.75 Å². The second-order valence-corrected chi connectivity index (χ2v) is 11.8. The summed E-state index contributed by atoms with van der Waals surface area (Å²) in [5.41, 5.74) is 1.71. The lowest BCUT2D eigenvalue weighted by molar-refractivity contribution is -0.144. The van der Waals surface area contributed by atoms with Crippen LogP contribution in [0.15, 0.2) is 48.8 Å². The van der Waals surface area contributed by atoms with Gasteiger partial charge in [0.05, 0.1) is 36.0 Å². The fourth-order valence-electron chi connectivity index (χ4n) is 5.68. The number of nitrogens with zero attached hydrogens (tertiary/aromatic N) is 4. The number of aromatic nitrogens is 2. The van der Waals surface area contributed by atoms with Crippen LogP contribution in [0.25, 0.3) is 10.9 Å². The molecule has 3 aromatic rings. The summed E-state index contributed by atoms with van der Waals surface area (Å²) >= 11 is 5.99. The minimum Gasteiger partial charge on any atom is -0.491 e. The summed E-state index contributed by atoms with van der Waals surface area (Å²) in [6, 6.07) is 7.96. The molecule has 0 unspecified atom stereocenters. The summed E-state index contributed by atoms with van der Waals surface area (Å²) in [5, 5.41) is 6.83. The number of hydrogen-bond donors (Lipinski definition) is 2. The number of hydrogen-bond acceptors (Lipinski definition) is 9. The standard InChI is InChI=1S/C33H40ClFN6O4/c1-2-44-32(43)20-41-15-13-40(14-16-41)12-6-9-31(42)39-29-18-25-28(19-30(29)45-21-23-7-4-3-5-8-23)36-22-37-33(25)38-24-10-11-27(35)26(34)17-24/h6,9-11,17-19,22-23H,2-5,7-8,12-16,20-21H2,1H3,(H,39,42)(H,36,37,38)/b9-6+. The van der Waals surface area contributed by atoms with Crippen LogP contribution >= 0.6 is 11.6 Å². The van der Waals surface area contributed by atoms with Crippen molar-refractivity contribution in [3.63, 3.8) is 0 Å². The normalized spacial score (nSPS) is 16.6. The van der Waals surface area contributed by atoms with Gasteiger partial charge < -0.3 is 20.1 Å². The third-order valence-corrected chi connectivity index (χ3v) is 8.42. The van der Waals surface area contributed by atoms with Gasteiger partial charge in [-0.1, -0.05) is 36.9 Å². The minimum atomic E-state index is -0.510. The van der Waals surface area contributed by atoms with Gasteiger partial charge in [0, 0.05) is 55.9 Å². The number of halogens is 2. The molecular weight excluding hydrogens is 599 g/mol. The van der Waals surface area contributed by atoms with Crippen molar-refractivity contribution in [3.05, 3.63) is 59.7 Å². The molecular formula is C33H40ClFN6O4. The fourth-order valence-corrected chi connectivity index (χ4v) is 5.86. The Morgan fingerprint density at radius 2 is 1.84 bits per heavy atom. The molecule has 2 N–H and O–H groups in total. The zero-order valence-electron chi connectivity index (χ0n) is 25.6. The van der Waals surface area contributed by atoms with Crippen molar-refractivity contribution < 1.29 is 23.5 Å². The molecule has 240 valence electrons. The number of ether oxygens (including phenoxy) is 2. The first kappa shape index (κ1) is 32.6. The van der Waals surface area contributed by atoms with Crippen molar-refractivity contribution in [2.24, 2.45) is 5.92 Å². The first-order valence-corrected chi connectivity index (χ1v) is 16.0. The van der Waals surface area contributed by atoms with Gasteiger partial charge in [-0.15, -0.1) is 0 Å². The number of carbonyl (C=O) groups excluding carboxylic acids is 2. The van der Waals surface area contributed by atoms with Crippen LogP contribution in [0.4, 0.5) is 21.6 Å². The van der Waals surface area contributed by atoms with Crippen molar-refractivity contribution in [1.29, 1.82) is 0 Å². The molecule has 1 aliphatic heterocycles. The van der Waals surface area contributed by atoms with E-state index in [2.05, 4.69) is 30.4 Å². The molecule has 2 aliphatic rings. The van der Waals surface area contributed by atoms with E-state index in [4.69, 9.17) is 21.1 Å². The van der Waals surface area contributed by atoms with Gasteiger partial charge in [-0.05, 0) is 49.9 Å². The van der Waals surface area contributed by atoms with Crippen molar-refractivity contribution in [2.45, 2.75) is 39.0 Å². The summed E-state index contributed by atoms with van der Waals surface area (Å²) in [6.45, 7) is 6.79. The van der Waals surface area contributed by atoms with Crippen LogP contribution in [0, 0.1) is 11.7 Å². The lowest BCUT2D eigenvalue weighted by Crippen LogP contribution is -2.48. The number of esters is 1. The Hall–Kier alpha value is -3.80. The number of amides is 1. The smallest absolute Gasteiger partial charge is 0.320 e. The Morgan fingerprint density at radius 1 is 1.07 bits per heavy atom. The van der Waals surface area contributed by atoms with Gasteiger partial charge in [0.15, 0.2) is 0 Å². The van der Waals surface area contributed by atoms with Gasteiger partial charge in [-0.2, -0.15) is 0 Å². The quantitative estimate of drug-likeness (QED) is 0.188. The Bertz CT molecular complexity index is 1510. The molecule has 2 aromatic carbocycles. The third-order valence-electron chi connectivity index (χ3n) is 8.13. The molecule has 1 saturated heterocycles. The molecule has 12 heteroatoms. The van der Waals surface area contributed by atoms with Gasteiger partial charge in [-0.25, -0.2) is 14.4 Å². The van der Waals surface area contributed by atoms with Crippen molar-refractivity contribution in [2.75, 3.05) is 63.1 Å². The summed E-state index contributed by atoms with van der Waals surface area (Å²) < 4.78 is 25.1. The van der Waals surface area contributed by atoms with Crippen LogP contribution in [0.1, 0.15) is 39.0 Å². The van der Waals surface area contributed by atoms with E-state index in [9.17, 15) is 14.0 Å². The molecule has 10 nitrogen and oxygen atoms in total. The molecule has 45 heavy (non-hydrogen) atoms. The van der Waals surface area contributed by atoms with Gasteiger partial charge >= 0.3 is 5.97 Å². The van der Waals surface area contributed by atoms with Gasteiger partial charge in [0.1, 0.15) is 23.7 Å². The van der Waals surface area contributed by atoms with E-state index < -0.39 is 5.82 Å². The highest BCUT2D eigenvalue weighted by atomic mass is 35.5. The van der Waals surface area contributed by atoms with E-state index in [1.54, 1.807) is 19.1 Å². The molecule has 2 heterocycles. The van der Waals surface area contributed by atoms with E-state index in [0.29, 0.717) is 66.1 Å². The predicted octanol–water partition coefficient (Wildman–Crippen LogP) is 5.80. The summed E-state index contributed by atoms with van der Waals surface area (Å²) in [5.74, 6) is 0.504. The Morgan fingerprint density at radius 3 is 2.60 bits per heavy atom. The van der Waals surface area contributed by atoms with Crippen molar-refractivity contribution in [3.8, 4) is 5.75 Å². The number of fused-ring (bicyclic) bond motifs is 1. The first-order valence-electron chi connectivity index (χ1n) is 15.6. The number of benzene rings is 2. The van der Waals surface area contributed by atoms with Crippen molar-refractivity contribution >= 4 is 51.6 Å². The van der Waals surface area contributed by atoms with Crippen LogP contribution in [-0.2, 0) is 14.3 Å². The van der Waals surface area contributed by atoms with Crippen LogP contribution < -0.4 is 15.4 Å². The van der Waals surface area contributed by atoms with E-state index in [-0.39, 0.29) is 16.9 Å². The van der Waals surface area contributed by atoms with Crippen LogP contribution in [0.3, 0.4) is 0 Å². The highest BCUT2D eigenvalue weighted by Crippen LogP contribution is 2.35.